The molecule has 0 amide bonds. The number of hydrogen-bond acceptors (Lipinski definition) is 2. The average Bonchev–Trinajstić information content (AvgIpc) is 3.02. The minimum absolute atomic E-state index is 0.790. The van der Waals surface area contributed by atoms with Gasteiger partial charge in [0.2, 0.25) is 0 Å². The first-order valence-corrected chi connectivity index (χ1v) is 8.56. The fourth-order valence-corrected chi connectivity index (χ4v) is 3.07. The van der Waals surface area contributed by atoms with Gasteiger partial charge >= 0.3 is 0 Å². The van der Waals surface area contributed by atoms with Crippen LogP contribution in [-0.2, 0) is 12.8 Å². The van der Waals surface area contributed by atoms with Crippen LogP contribution in [-0.4, -0.2) is 14.2 Å². The van der Waals surface area contributed by atoms with Crippen molar-refractivity contribution in [2.45, 2.75) is 19.8 Å². The molecule has 0 atom stereocenters. The van der Waals surface area contributed by atoms with Crippen molar-refractivity contribution in [1.29, 1.82) is 0 Å². The van der Waals surface area contributed by atoms with Gasteiger partial charge in [-0.2, -0.15) is 0 Å². The van der Waals surface area contributed by atoms with Crippen LogP contribution in [0.4, 0.5) is 0 Å². The number of benzene rings is 2. The van der Waals surface area contributed by atoms with Crippen LogP contribution in [0, 0.1) is 0 Å². The van der Waals surface area contributed by atoms with Crippen LogP contribution in [0.15, 0.2) is 72.3 Å². The van der Waals surface area contributed by atoms with Gasteiger partial charge in [0.1, 0.15) is 11.5 Å². The molecule has 2 aromatic carbocycles. The summed E-state index contributed by atoms with van der Waals surface area (Å²) < 4.78 is 10.8. The van der Waals surface area contributed by atoms with Gasteiger partial charge in [0, 0.05) is 11.6 Å². The topological polar surface area (TPSA) is 18.5 Å². The van der Waals surface area contributed by atoms with Crippen LogP contribution in [0.2, 0.25) is 0 Å². The molecular formula is C23H24O2. The Morgan fingerprint density at radius 1 is 0.880 bits per heavy atom. The first-order chi connectivity index (χ1) is 12.1. The normalized spacial score (nSPS) is 13.5. The zero-order valence-electron chi connectivity index (χ0n) is 15.1. The van der Waals surface area contributed by atoms with Gasteiger partial charge < -0.3 is 9.47 Å². The lowest BCUT2D eigenvalue weighted by molar-refractivity contribution is 0.393. The Morgan fingerprint density at radius 2 is 1.60 bits per heavy atom. The van der Waals surface area contributed by atoms with Crippen molar-refractivity contribution >= 4 is 5.57 Å². The Kier molecular flexibility index (Phi) is 5.08. The van der Waals surface area contributed by atoms with E-state index in [9.17, 15) is 0 Å². The van der Waals surface area contributed by atoms with E-state index < -0.39 is 0 Å². The molecule has 0 unspecified atom stereocenters. The van der Waals surface area contributed by atoms with Gasteiger partial charge in [-0.05, 0) is 58.9 Å². The SMILES string of the molecule is C=C1C=C(c2ccc(OC)cc2OC)C=C1Cc1ccc(CC)cc1. The first-order valence-electron chi connectivity index (χ1n) is 8.56. The van der Waals surface area contributed by atoms with Crippen LogP contribution >= 0.6 is 0 Å². The summed E-state index contributed by atoms with van der Waals surface area (Å²) in [4.78, 5) is 0. The molecule has 0 N–H and O–H groups in total. The number of ether oxygens (including phenoxy) is 2. The molecule has 0 radical (unpaired) electrons. The number of aryl methyl sites for hydroxylation is 1. The zero-order valence-corrected chi connectivity index (χ0v) is 15.1. The fourth-order valence-electron chi connectivity index (χ4n) is 3.07. The maximum Gasteiger partial charge on any atom is 0.130 e. The summed E-state index contributed by atoms with van der Waals surface area (Å²) in [5.41, 5.74) is 7.17. The Morgan fingerprint density at radius 3 is 2.24 bits per heavy atom. The lowest BCUT2D eigenvalue weighted by Gasteiger charge is -2.10. The van der Waals surface area contributed by atoms with E-state index in [4.69, 9.17) is 9.47 Å². The van der Waals surface area contributed by atoms with E-state index in [1.165, 1.54) is 16.7 Å². The fraction of sp³-hybridized carbons (Fsp3) is 0.217. The maximum atomic E-state index is 5.53. The summed E-state index contributed by atoms with van der Waals surface area (Å²) in [5.74, 6) is 1.60. The van der Waals surface area contributed by atoms with Gasteiger partial charge in [-0.3, -0.25) is 0 Å². The molecule has 0 bridgehead atoms. The predicted molar refractivity (Wildman–Crippen MR) is 104 cm³/mol. The molecule has 2 heteroatoms. The molecule has 0 saturated heterocycles. The van der Waals surface area contributed by atoms with Crippen molar-refractivity contribution in [3.63, 3.8) is 0 Å². The largest absolute Gasteiger partial charge is 0.497 e. The lowest BCUT2D eigenvalue weighted by Crippen LogP contribution is -1.92. The van der Waals surface area contributed by atoms with Crippen molar-refractivity contribution in [2.75, 3.05) is 14.2 Å². The maximum absolute atomic E-state index is 5.53. The van der Waals surface area contributed by atoms with Crippen molar-refractivity contribution in [3.05, 3.63) is 89.0 Å². The van der Waals surface area contributed by atoms with Crippen molar-refractivity contribution in [2.24, 2.45) is 0 Å². The summed E-state index contributed by atoms with van der Waals surface area (Å²) in [5, 5.41) is 0. The second kappa shape index (κ2) is 7.43. The highest BCUT2D eigenvalue weighted by atomic mass is 16.5. The Labute approximate surface area is 150 Å². The molecule has 0 spiro atoms. The van der Waals surface area contributed by atoms with Crippen molar-refractivity contribution < 1.29 is 9.47 Å². The summed E-state index contributed by atoms with van der Waals surface area (Å²) in [6, 6.07) is 14.7. The van der Waals surface area contributed by atoms with Gasteiger partial charge in [0.25, 0.3) is 0 Å². The van der Waals surface area contributed by atoms with Gasteiger partial charge in [0.05, 0.1) is 14.2 Å². The molecule has 0 aliphatic heterocycles. The third kappa shape index (κ3) is 3.69. The molecule has 3 rings (SSSR count). The third-order valence-corrected chi connectivity index (χ3v) is 4.62. The Balaban J connectivity index is 1.85. The molecule has 2 nitrogen and oxygen atoms in total. The molecule has 0 fully saturated rings. The molecule has 25 heavy (non-hydrogen) atoms. The standard InChI is InChI=1S/C23H24O2/c1-5-17-6-8-18(9-7-17)13-19-14-20(12-16(19)2)22-11-10-21(24-3)15-23(22)25-4/h6-12,14-15H,2,5,13H2,1,3-4H3. The van der Waals surface area contributed by atoms with Crippen LogP contribution in [0.1, 0.15) is 23.6 Å². The minimum Gasteiger partial charge on any atom is -0.497 e. The molecule has 0 saturated carbocycles. The predicted octanol–water partition coefficient (Wildman–Crippen LogP) is 5.39. The summed E-state index contributed by atoms with van der Waals surface area (Å²) in [6.45, 7) is 6.40. The highest BCUT2D eigenvalue weighted by Gasteiger charge is 2.16. The van der Waals surface area contributed by atoms with E-state index in [2.05, 4.69) is 49.9 Å². The van der Waals surface area contributed by atoms with Crippen LogP contribution in [0.5, 0.6) is 11.5 Å². The number of allylic oxidation sites excluding steroid dienone is 5. The third-order valence-electron chi connectivity index (χ3n) is 4.62. The van der Waals surface area contributed by atoms with Crippen LogP contribution in [0.25, 0.3) is 5.57 Å². The average molecular weight is 332 g/mol. The smallest absolute Gasteiger partial charge is 0.130 e. The molecule has 1 aliphatic carbocycles. The summed E-state index contributed by atoms with van der Waals surface area (Å²) >= 11 is 0. The first kappa shape index (κ1) is 17.1. The van der Waals surface area contributed by atoms with E-state index in [0.717, 1.165) is 41.1 Å². The summed E-state index contributed by atoms with van der Waals surface area (Å²) in [6.07, 6.45) is 6.29. The van der Waals surface area contributed by atoms with Crippen LogP contribution < -0.4 is 9.47 Å². The highest BCUT2D eigenvalue weighted by Crippen LogP contribution is 2.37. The molecule has 0 heterocycles. The second-order valence-corrected chi connectivity index (χ2v) is 6.21. The number of hydrogen-bond donors (Lipinski definition) is 0. The number of methoxy groups -OCH3 is 2. The van der Waals surface area contributed by atoms with E-state index in [1.54, 1.807) is 14.2 Å². The number of rotatable bonds is 6. The van der Waals surface area contributed by atoms with Crippen LogP contribution in [0.3, 0.4) is 0 Å². The second-order valence-electron chi connectivity index (χ2n) is 6.21. The molecule has 1 aliphatic rings. The quantitative estimate of drug-likeness (QED) is 0.706. The molecular weight excluding hydrogens is 308 g/mol. The summed E-state index contributed by atoms with van der Waals surface area (Å²) in [7, 11) is 3.34. The molecule has 2 aromatic rings. The van der Waals surface area contributed by atoms with E-state index in [-0.39, 0.29) is 0 Å². The monoisotopic (exact) mass is 332 g/mol. The van der Waals surface area contributed by atoms with E-state index >= 15 is 0 Å². The minimum atomic E-state index is 0.790. The zero-order chi connectivity index (χ0) is 17.8. The van der Waals surface area contributed by atoms with Gasteiger partial charge in [-0.25, -0.2) is 0 Å². The van der Waals surface area contributed by atoms with Gasteiger partial charge in [-0.15, -0.1) is 0 Å². The van der Waals surface area contributed by atoms with Crippen molar-refractivity contribution in [3.8, 4) is 11.5 Å². The highest BCUT2D eigenvalue weighted by molar-refractivity contribution is 5.86. The Hall–Kier alpha value is -2.74. The van der Waals surface area contributed by atoms with Crippen molar-refractivity contribution in [1.82, 2.24) is 0 Å². The van der Waals surface area contributed by atoms with E-state index in [0.29, 0.717) is 0 Å². The molecule has 0 aromatic heterocycles. The molecule has 128 valence electrons. The van der Waals surface area contributed by atoms with Gasteiger partial charge in [-0.1, -0.05) is 43.8 Å². The van der Waals surface area contributed by atoms with E-state index in [1.807, 2.05) is 18.2 Å². The lowest BCUT2D eigenvalue weighted by atomic mass is 10.00. The van der Waals surface area contributed by atoms with Gasteiger partial charge in [0.15, 0.2) is 0 Å². The Bertz CT molecular complexity index is 839.